The molecule has 3 aromatic heterocycles. The Morgan fingerprint density at radius 1 is 1.12 bits per heavy atom. The summed E-state index contributed by atoms with van der Waals surface area (Å²) in [6, 6.07) is 8.16. The van der Waals surface area contributed by atoms with E-state index in [1.165, 1.54) is 23.0 Å². The zero-order valence-corrected chi connectivity index (χ0v) is 14.3. The van der Waals surface area contributed by atoms with Gasteiger partial charge < -0.3 is 0 Å². The molecule has 3 aromatic rings. The van der Waals surface area contributed by atoms with Gasteiger partial charge >= 0.3 is 0 Å². The van der Waals surface area contributed by atoms with Gasteiger partial charge in [0.1, 0.15) is 0 Å². The van der Waals surface area contributed by atoms with Crippen LogP contribution in [0, 0.1) is 13.8 Å². The van der Waals surface area contributed by atoms with Crippen LogP contribution in [0.5, 0.6) is 0 Å². The van der Waals surface area contributed by atoms with Gasteiger partial charge in [-0.05, 0) is 31.5 Å². The molecule has 0 aliphatic heterocycles. The molecule has 7 nitrogen and oxygen atoms in total. The van der Waals surface area contributed by atoms with Crippen molar-refractivity contribution in [1.82, 2.24) is 19.3 Å². The highest BCUT2D eigenvalue weighted by Gasteiger charge is 2.14. The SMILES string of the molecule is Cc1cnc(-n2ccc(S(C)(=O)=O)n2)cc1-n1c(C)cccc1=O. The minimum Gasteiger partial charge on any atom is -0.281 e. The number of aryl methyl sites for hydroxylation is 2. The number of pyridine rings is 2. The van der Waals surface area contributed by atoms with Crippen LogP contribution in [0.4, 0.5) is 0 Å². The van der Waals surface area contributed by atoms with Crippen molar-refractivity contribution in [3.8, 4) is 11.5 Å². The Labute approximate surface area is 139 Å². The Morgan fingerprint density at radius 2 is 1.88 bits per heavy atom. The van der Waals surface area contributed by atoms with Crippen LogP contribution in [0.3, 0.4) is 0 Å². The van der Waals surface area contributed by atoms with E-state index in [0.29, 0.717) is 11.5 Å². The standard InChI is InChI=1S/C16H16N4O3S/c1-11-10-17-14(19-8-7-15(18-19)24(3,22)23)9-13(11)20-12(2)5-4-6-16(20)21/h4-10H,1-3H3. The fourth-order valence-corrected chi connectivity index (χ4v) is 2.95. The van der Waals surface area contributed by atoms with Crippen LogP contribution in [-0.2, 0) is 9.84 Å². The lowest BCUT2D eigenvalue weighted by atomic mass is 10.2. The molecule has 0 N–H and O–H groups in total. The van der Waals surface area contributed by atoms with Crippen LogP contribution >= 0.6 is 0 Å². The summed E-state index contributed by atoms with van der Waals surface area (Å²) >= 11 is 0. The summed E-state index contributed by atoms with van der Waals surface area (Å²) in [4.78, 5) is 16.5. The number of hydrogen-bond acceptors (Lipinski definition) is 5. The smallest absolute Gasteiger partial charge is 0.255 e. The van der Waals surface area contributed by atoms with E-state index in [2.05, 4.69) is 10.1 Å². The molecule has 0 radical (unpaired) electrons. The van der Waals surface area contributed by atoms with E-state index in [-0.39, 0.29) is 10.6 Å². The summed E-state index contributed by atoms with van der Waals surface area (Å²) in [7, 11) is -3.39. The van der Waals surface area contributed by atoms with Gasteiger partial charge in [0.2, 0.25) is 0 Å². The van der Waals surface area contributed by atoms with Gasteiger partial charge in [0, 0.05) is 36.5 Å². The molecule has 0 unspecified atom stereocenters. The first kappa shape index (κ1) is 16.1. The van der Waals surface area contributed by atoms with Crippen molar-refractivity contribution in [2.45, 2.75) is 18.9 Å². The number of sulfone groups is 1. The van der Waals surface area contributed by atoms with Crippen molar-refractivity contribution in [2.24, 2.45) is 0 Å². The van der Waals surface area contributed by atoms with Crippen LogP contribution < -0.4 is 5.56 Å². The maximum Gasteiger partial charge on any atom is 0.255 e. The molecule has 0 saturated carbocycles. The summed E-state index contributed by atoms with van der Waals surface area (Å²) < 4.78 is 26.1. The van der Waals surface area contributed by atoms with E-state index < -0.39 is 9.84 Å². The van der Waals surface area contributed by atoms with E-state index in [1.54, 1.807) is 22.9 Å². The summed E-state index contributed by atoms with van der Waals surface area (Å²) in [6.07, 6.45) is 4.25. The zero-order chi connectivity index (χ0) is 17.5. The van der Waals surface area contributed by atoms with E-state index in [0.717, 1.165) is 17.5 Å². The number of hydrogen-bond donors (Lipinski definition) is 0. The molecule has 0 amide bonds. The first-order valence-corrected chi connectivity index (χ1v) is 9.08. The minimum absolute atomic E-state index is 0.0283. The second kappa shape index (κ2) is 5.72. The topological polar surface area (TPSA) is 86.8 Å². The third kappa shape index (κ3) is 2.88. The van der Waals surface area contributed by atoms with Crippen molar-refractivity contribution >= 4 is 9.84 Å². The van der Waals surface area contributed by atoms with Crippen molar-refractivity contribution in [2.75, 3.05) is 6.26 Å². The molecule has 24 heavy (non-hydrogen) atoms. The van der Waals surface area contributed by atoms with Crippen LogP contribution in [-0.4, -0.2) is 34.0 Å². The van der Waals surface area contributed by atoms with Gasteiger partial charge in [-0.15, -0.1) is 0 Å². The van der Waals surface area contributed by atoms with Gasteiger partial charge in [0.05, 0.1) is 5.69 Å². The average Bonchev–Trinajstić information content (AvgIpc) is 2.99. The van der Waals surface area contributed by atoms with Crippen LogP contribution in [0.2, 0.25) is 0 Å². The highest BCUT2D eigenvalue weighted by atomic mass is 32.2. The Balaban J connectivity index is 2.17. The third-order valence-electron chi connectivity index (χ3n) is 3.63. The Bertz CT molecular complexity index is 1080. The minimum atomic E-state index is -3.39. The molecule has 8 heteroatoms. The molecule has 0 spiro atoms. The molecule has 0 atom stereocenters. The quantitative estimate of drug-likeness (QED) is 0.717. The van der Waals surface area contributed by atoms with Crippen molar-refractivity contribution < 1.29 is 8.42 Å². The van der Waals surface area contributed by atoms with E-state index in [9.17, 15) is 13.2 Å². The Morgan fingerprint density at radius 3 is 2.50 bits per heavy atom. The number of aromatic nitrogens is 4. The van der Waals surface area contributed by atoms with Crippen LogP contribution in [0.15, 0.2) is 52.5 Å². The van der Waals surface area contributed by atoms with Gasteiger partial charge in [-0.1, -0.05) is 6.07 Å². The second-order valence-corrected chi connectivity index (χ2v) is 7.50. The van der Waals surface area contributed by atoms with Gasteiger partial charge in [0.15, 0.2) is 20.7 Å². The molecule has 0 aromatic carbocycles. The van der Waals surface area contributed by atoms with Gasteiger partial charge in [-0.2, -0.15) is 5.10 Å². The number of rotatable bonds is 3. The molecule has 0 aliphatic rings. The molecule has 0 bridgehead atoms. The fourth-order valence-electron chi connectivity index (χ4n) is 2.40. The predicted molar refractivity (Wildman–Crippen MR) is 89.5 cm³/mol. The van der Waals surface area contributed by atoms with Gasteiger partial charge in [-0.3, -0.25) is 9.36 Å². The van der Waals surface area contributed by atoms with E-state index in [4.69, 9.17) is 0 Å². The van der Waals surface area contributed by atoms with E-state index >= 15 is 0 Å². The lowest BCUT2D eigenvalue weighted by molar-refractivity contribution is 0.596. The van der Waals surface area contributed by atoms with Crippen LogP contribution in [0.1, 0.15) is 11.3 Å². The maximum absolute atomic E-state index is 12.2. The van der Waals surface area contributed by atoms with Crippen molar-refractivity contribution in [1.29, 1.82) is 0 Å². The van der Waals surface area contributed by atoms with Crippen molar-refractivity contribution in [3.63, 3.8) is 0 Å². The summed E-state index contributed by atoms with van der Waals surface area (Å²) in [5, 5.41) is 4.01. The lowest BCUT2D eigenvalue weighted by Crippen LogP contribution is -2.20. The molecule has 0 fully saturated rings. The molecule has 0 aliphatic carbocycles. The fraction of sp³-hybridized carbons (Fsp3) is 0.188. The summed E-state index contributed by atoms with van der Waals surface area (Å²) in [6.45, 7) is 3.70. The number of nitrogens with zero attached hydrogens (tertiary/aromatic N) is 4. The highest BCUT2D eigenvalue weighted by Crippen LogP contribution is 2.17. The highest BCUT2D eigenvalue weighted by molar-refractivity contribution is 7.90. The first-order chi connectivity index (χ1) is 11.3. The molecule has 124 valence electrons. The van der Waals surface area contributed by atoms with E-state index in [1.807, 2.05) is 19.9 Å². The average molecular weight is 344 g/mol. The Hall–Kier alpha value is -2.74. The molecular formula is C16H16N4O3S. The second-order valence-electron chi connectivity index (χ2n) is 5.54. The first-order valence-electron chi connectivity index (χ1n) is 7.19. The largest absolute Gasteiger partial charge is 0.281 e. The van der Waals surface area contributed by atoms with Crippen LogP contribution in [0.25, 0.3) is 11.5 Å². The lowest BCUT2D eigenvalue weighted by Gasteiger charge is -2.13. The van der Waals surface area contributed by atoms with Crippen molar-refractivity contribution in [3.05, 3.63) is 64.3 Å². The Kier molecular flexibility index (Phi) is 3.84. The summed E-state index contributed by atoms with van der Waals surface area (Å²) in [5.74, 6) is 0.431. The normalized spacial score (nSPS) is 11.6. The summed E-state index contributed by atoms with van der Waals surface area (Å²) in [5.41, 5.74) is 2.15. The van der Waals surface area contributed by atoms with Gasteiger partial charge in [0.25, 0.3) is 5.56 Å². The molecule has 3 rings (SSSR count). The third-order valence-corrected chi connectivity index (χ3v) is 4.61. The van der Waals surface area contributed by atoms with Gasteiger partial charge in [-0.25, -0.2) is 18.1 Å². The molecule has 0 saturated heterocycles. The maximum atomic E-state index is 12.2. The monoisotopic (exact) mass is 344 g/mol. The zero-order valence-electron chi connectivity index (χ0n) is 13.5. The predicted octanol–water partition coefficient (Wildman–Crippen LogP) is 1.44. The molecular weight excluding hydrogens is 328 g/mol. The molecule has 3 heterocycles.